The normalized spacial score (nSPS) is 38.2. The molecule has 648 valence electrons. The lowest BCUT2D eigenvalue weighted by atomic mass is 9.79. The van der Waals surface area contributed by atoms with Crippen LogP contribution in [0.2, 0.25) is 0 Å². The van der Waals surface area contributed by atoms with Crippen molar-refractivity contribution in [1.82, 2.24) is 24.5 Å². The van der Waals surface area contributed by atoms with E-state index in [0.717, 1.165) is 37.5 Å². The lowest BCUT2D eigenvalue weighted by Crippen LogP contribution is -2.46. The maximum absolute atomic E-state index is 13.7. The predicted molar refractivity (Wildman–Crippen MR) is 465 cm³/mol. The molecule has 5 fully saturated rings. The van der Waals surface area contributed by atoms with E-state index in [2.05, 4.69) is 0 Å². The molecule has 15 rings (SSSR count). The van der Waals surface area contributed by atoms with Gasteiger partial charge in [0, 0.05) is 205 Å². The maximum Gasteiger partial charge on any atom is 0.161 e. The Hall–Kier alpha value is -7.75. The largest absolute Gasteiger partial charge is 0.493 e. The number of Topliss-reactive ketones (excluding diaryl/α,β-unsaturated/α-hetero) is 5. The smallest absolute Gasteiger partial charge is 0.161 e. The van der Waals surface area contributed by atoms with Crippen LogP contribution in [0.3, 0.4) is 0 Å². The van der Waals surface area contributed by atoms with Crippen LogP contribution in [0, 0.1) is 59.0 Å². The fraction of sp³-hybridized carbons (Fsp3) is 0.643. The number of nitrogens with zero attached hydrogens (tertiary/aromatic N) is 5. The van der Waals surface area contributed by atoms with Gasteiger partial charge in [0.1, 0.15) is 28.9 Å². The fourth-order valence-corrected chi connectivity index (χ4v) is 16.4. The Kier molecular flexibility index (Phi) is 15.0. The number of methoxy groups -OCH3 is 10. The molecule has 5 aromatic rings. The summed E-state index contributed by atoms with van der Waals surface area (Å²) in [4.78, 5) is 74.7. The van der Waals surface area contributed by atoms with Gasteiger partial charge < -0.3 is 47.4 Å². The zero-order valence-electron chi connectivity index (χ0n) is 124. The van der Waals surface area contributed by atoms with E-state index in [1.54, 1.807) is 30.1 Å². The predicted octanol–water partition coefficient (Wildman–Crippen LogP) is 17.4. The van der Waals surface area contributed by atoms with Gasteiger partial charge in [-0.3, -0.25) is 48.5 Å². The van der Waals surface area contributed by atoms with Crippen molar-refractivity contribution >= 4 is 28.9 Å². The molecular formula is C98H141N5O15. The number of hydrogen-bond acceptors (Lipinski definition) is 20. The summed E-state index contributed by atoms with van der Waals surface area (Å²) < 4.78 is 497. The first-order valence-electron chi connectivity index (χ1n) is 66.7. The second-order valence-corrected chi connectivity index (χ2v) is 30.4. The van der Waals surface area contributed by atoms with Gasteiger partial charge in [-0.05, 0) is 210 Å². The Bertz CT molecular complexity index is 6740. The van der Waals surface area contributed by atoms with Crippen molar-refractivity contribution < 1.29 is 148 Å². The molecule has 0 N–H and O–H groups in total. The topological polar surface area (TPSA) is 194 Å². The SMILES string of the molecule is [2H]C([2H])([2H])Oc1cc2c(cc1OC([2H])([2H])[2H])C1CC(=O)C(C([2H])([2H])C([2H])(C([2H])([2H])[2H])C([2H])([2H])C)CN1CC2.[2H]C([2H])([2H])Oc1cc2c(cc1OC([2H])([2H])[2H])C1N(CC2)CC([2H])(C([2H])([2H])C(C([2H])([2H])[2H])C([2H])([2H])C)C(=O)C1([2H])[2H].[2H]C([2H])([2H])Oc1cc2c(cc1OC([2H])([2H])[2H])C1N(CC2)CC([2H])(CC(C)C)C(=O)C1([2H])[2H].[2H]C([2H])([2H])Oc1cc2c(cc1OC)C1N(CC2)CC([2H])(C([2H])([2H])C([2H])(C([2H])([2H])[2H])C([2H])([2H])C)C(=O)C1([2H])[2H].[2H]C1(CC(C)C)CN2CCc3cc(OC)c(OC)cc3C2C([2H])([2H])C1=O. The van der Waals surface area contributed by atoms with Gasteiger partial charge in [-0.15, -0.1) is 0 Å². The number of hydrogen-bond donors (Lipinski definition) is 0. The Morgan fingerprint density at radius 2 is 0.644 bits per heavy atom. The molecule has 20 nitrogen and oxygen atoms in total. The van der Waals surface area contributed by atoms with Crippen molar-refractivity contribution in [2.45, 2.75) is 214 Å². The first-order chi connectivity index (χ1) is 77.9. The highest BCUT2D eigenvalue weighted by atomic mass is 16.5. The minimum Gasteiger partial charge on any atom is -0.493 e. The average Bonchev–Trinajstić information content (AvgIpc) is 0.677. The molecular weight excluding hydrogens is 1490 g/mol. The van der Waals surface area contributed by atoms with Gasteiger partial charge in [0.05, 0.1) is 99.4 Å². The summed E-state index contributed by atoms with van der Waals surface area (Å²) in [6, 6.07) is 8.43. The van der Waals surface area contributed by atoms with Crippen LogP contribution in [-0.4, -0.2) is 189 Å². The molecule has 0 aliphatic carbocycles. The number of carbonyl (C=O) groups excluding carboxylic acids is 5. The minimum absolute atomic E-state index is 0.0162. The third-order valence-electron chi connectivity index (χ3n) is 22.2. The molecule has 13 atom stereocenters. The summed E-state index contributed by atoms with van der Waals surface area (Å²) in [5, 5.41) is 0. The first kappa shape index (κ1) is 42.4. The summed E-state index contributed by atoms with van der Waals surface area (Å²) in [5.41, 5.74) is 4.58. The van der Waals surface area contributed by atoms with Crippen molar-refractivity contribution in [2.75, 3.05) is 136 Å². The van der Waals surface area contributed by atoms with E-state index in [-0.39, 0.29) is 129 Å². The fourth-order valence-electron chi connectivity index (χ4n) is 16.4. The van der Waals surface area contributed by atoms with Crippen LogP contribution in [0.25, 0.3) is 0 Å². The monoisotopic (exact) mass is 1680 g/mol. The molecule has 0 radical (unpaired) electrons. The molecule has 13 unspecified atom stereocenters. The van der Waals surface area contributed by atoms with E-state index in [1.165, 1.54) is 59.4 Å². The summed E-state index contributed by atoms with van der Waals surface area (Å²) >= 11 is 0. The molecule has 10 heterocycles. The molecule has 0 bridgehead atoms. The zero-order valence-corrected chi connectivity index (χ0v) is 67.6. The number of carbonyl (C=O) groups is 5. The first-order valence-corrected chi connectivity index (χ1v) is 38.7. The Morgan fingerprint density at radius 1 is 0.364 bits per heavy atom. The minimum atomic E-state index is -3.67. The van der Waals surface area contributed by atoms with Crippen molar-refractivity contribution in [3.63, 3.8) is 0 Å². The van der Waals surface area contributed by atoms with Gasteiger partial charge in [0.25, 0.3) is 0 Å². The van der Waals surface area contributed by atoms with Crippen LogP contribution in [0.1, 0.15) is 315 Å². The van der Waals surface area contributed by atoms with Crippen LogP contribution in [0.15, 0.2) is 60.7 Å². The van der Waals surface area contributed by atoms with Crippen LogP contribution in [0.5, 0.6) is 57.5 Å². The maximum atomic E-state index is 13.7. The zero-order chi connectivity index (χ0) is 133. The number of fused-ring (bicyclic) bond motifs is 15. The van der Waals surface area contributed by atoms with E-state index >= 15 is 0 Å². The van der Waals surface area contributed by atoms with Gasteiger partial charge in [-0.25, -0.2) is 0 Å². The van der Waals surface area contributed by atoms with Crippen molar-refractivity contribution in [3.8, 4) is 57.5 Å². The summed E-state index contributed by atoms with van der Waals surface area (Å²) in [6.45, 7) is -0.764. The lowest BCUT2D eigenvalue weighted by molar-refractivity contribution is -0.130. The lowest BCUT2D eigenvalue weighted by Gasteiger charge is -2.43. The third-order valence-corrected chi connectivity index (χ3v) is 22.2. The van der Waals surface area contributed by atoms with Crippen molar-refractivity contribution in [3.05, 3.63) is 116 Å². The van der Waals surface area contributed by atoms with Gasteiger partial charge in [0.15, 0.2) is 57.5 Å². The molecule has 0 aromatic heterocycles. The van der Waals surface area contributed by atoms with E-state index in [1.807, 2.05) is 38.7 Å². The molecule has 0 spiro atoms. The second kappa shape index (κ2) is 41.7. The number of piperidine rings is 5. The van der Waals surface area contributed by atoms with E-state index in [9.17, 15) is 24.0 Å². The molecule has 0 amide bonds. The van der Waals surface area contributed by atoms with Crippen molar-refractivity contribution in [2.24, 2.45) is 59.0 Å². The Morgan fingerprint density at radius 3 is 0.941 bits per heavy atom. The molecule has 10 aliphatic heterocycles. The quantitative estimate of drug-likeness (QED) is 0.0598. The number of ketones is 5. The molecule has 5 aromatic carbocycles. The van der Waals surface area contributed by atoms with Gasteiger partial charge in [-0.2, -0.15) is 0 Å². The number of ether oxygens (including phenoxy) is 10. The molecule has 10 aliphatic rings. The highest BCUT2D eigenvalue weighted by molar-refractivity contribution is 5.86. The summed E-state index contributed by atoms with van der Waals surface area (Å²) in [7, 11) is -16.1. The standard InChI is InChI=1S/3C20H29NO3.2C19H27NO3/c3*1-5-13(2)8-15-12-21-7-6-14-9-19(23-3)20(24-4)10-16(14)17(21)11-18(15)22;2*1-12(2)7-14-11-20-6-5-13-8-18(22-3)19(23-4)9-15(13)16(20)10-17(14)21/h3*9-10,13,15,17H,5-8,11-12H2,1-4H3;2*8-9,12,14,16H,5-7,10-11H2,1-4H3/i2D3,3D3,5D2,8D2,11D2,13D,15D;2D3,3D3,4D3,5D2,8D2,11D2,15D;2D3,3D3,4D3,5D2,8D2,13D;3D3,4D3,10D2,14D;10D2,14D. The van der Waals surface area contributed by atoms with Crippen LogP contribution in [-0.2, 0) is 56.1 Å². The number of benzene rings is 5. The van der Waals surface area contributed by atoms with E-state index < -0.39 is 264 Å². The second-order valence-electron chi connectivity index (χ2n) is 30.4. The van der Waals surface area contributed by atoms with Crippen LogP contribution >= 0.6 is 0 Å². The van der Waals surface area contributed by atoms with Crippen molar-refractivity contribution in [1.29, 1.82) is 0 Å². The average molecular weight is 1690 g/mol. The third kappa shape index (κ3) is 21.0. The molecule has 0 saturated carbocycles. The highest BCUT2D eigenvalue weighted by Crippen LogP contribution is 2.49. The Balaban J connectivity index is 0.000000204. The van der Waals surface area contributed by atoms with Crippen LogP contribution in [0.4, 0.5) is 0 Å². The number of rotatable bonds is 23. The highest BCUT2D eigenvalue weighted by Gasteiger charge is 2.45. The van der Waals surface area contributed by atoms with E-state index in [0.29, 0.717) is 77.7 Å². The molecule has 5 saturated heterocycles. The van der Waals surface area contributed by atoms with Crippen LogP contribution < -0.4 is 47.4 Å². The summed E-state index contributed by atoms with van der Waals surface area (Å²) in [6.07, 6.45) is -27.4. The van der Waals surface area contributed by atoms with E-state index in [4.69, 9.17) is 124 Å². The van der Waals surface area contributed by atoms with Gasteiger partial charge in [0.2, 0.25) is 0 Å². The van der Waals surface area contributed by atoms with Gasteiger partial charge >= 0.3 is 0 Å². The molecule has 20 heteroatoms. The summed E-state index contributed by atoms with van der Waals surface area (Å²) in [5.74, 6) is -26.8. The Labute approximate surface area is 784 Å². The molecule has 118 heavy (non-hydrogen) atoms. The van der Waals surface area contributed by atoms with Gasteiger partial charge in [-0.1, -0.05) is 88.1 Å².